The van der Waals surface area contributed by atoms with Crippen molar-refractivity contribution < 1.29 is 9.59 Å². The van der Waals surface area contributed by atoms with Crippen molar-refractivity contribution >= 4 is 34.0 Å². The number of carbonyl (C=O) groups is 2. The second-order valence-corrected chi connectivity index (χ2v) is 8.67. The fraction of sp³-hybridized carbons (Fsp3) is 0.476. The molecule has 6 nitrogen and oxygen atoms in total. The van der Waals surface area contributed by atoms with Crippen molar-refractivity contribution in [3.8, 4) is 0 Å². The SMILES string of the molecule is CC(=O)Nc1ccc(CC(=O)Nc2nc(C)c(CN3CCC(C)CC3)s2)cc1. The van der Waals surface area contributed by atoms with Gasteiger partial charge in [-0.2, -0.15) is 0 Å². The fourth-order valence-corrected chi connectivity index (χ4v) is 4.33. The molecule has 0 unspecified atom stereocenters. The summed E-state index contributed by atoms with van der Waals surface area (Å²) < 4.78 is 0. The van der Waals surface area contributed by atoms with Gasteiger partial charge in [-0.15, -0.1) is 11.3 Å². The standard InChI is InChI=1S/C21H28N4O2S/c1-14-8-10-25(11-9-14)13-19-15(2)22-21(28-19)24-20(27)12-17-4-6-18(7-5-17)23-16(3)26/h4-7,14H,8-13H2,1-3H3,(H,23,26)(H,22,24,27). The first-order valence-electron chi connectivity index (χ1n) is 9.74. The zero-order chi connectivity index (χ0) is 20.1. The number of amides is 2. The summed E-state index contributed by atoms with van der Waals surface area (Å²) in [7, 11) is 0. The van der Waals surface area contributed by atoms with Crippen molar-refractivity contribution in [3.05, 3.63) is 40.4 Å². The highest BCUT2D eigenvalue weighted by atomic mass is 32.1. The molecule has 1 aromatic heterocycles. The van der Waals surface area contributed by atoms with Gasteiger partial charge in [0.05, 0.1) is 12.1 Å². The molecule has 7 heteroatoms. The van der Waals surface area contributed by atoms with Gasteiger partial charge in [0.25, 0.3) is 0 Å². The third-order valence-corrected chi connectivity index (χ3v) is 6.08. The molecular weight excluding hydrogens is 372 g/mol. The molecule has 1 fully saturated rings. The van der Waals surface area contributed by atoms with Gasteiger partial charge >= 0.3 is 0 Å². The Bertz CT molecular complexity index is 823. The molecule has 2 aromatic rings. The molecular formula is C21H28N4O2S. The lowest BCUT2D eigenvalue weighted by atomic mass is 9.99. The number of likely N-dealkylation sites (tertiary alicyclic amines) is 1. The van der Waals surface area contributed by atoms with E-state index < -0.39 is 0 Å². The van der Waals surface area contributed by atoms with Gasteiger partial charge < -0.3 is 10.6 Å². The molecule has 0 saturated carbocycles. The number of rotatable bonds is 6. The lowest BCUT2D eigenvalue weighted by Crippen LogP contribution is -2.32. The number of carbonyl (C=O) groups excluding carboxylic acids is 2. The summed E-state index contributed by atoms with van der Waals surface area (Å²) in [6.07, 6.45) is 2.78. The van der Waals surface area contributed by atoms with Gasteiger partial charge in [0, 0.05) is 24.0 Å². The summed E-state index contributed by atoms with van der Waals surface area (Å²) in [6.45, 7) is 8.97. The molecule has 0 radical (unpaired) electrons. The monoisotopic (exact) mass is 400 g/mol. The first kappa shape index (κ1) is 20.5. The van der Waals surface area contributed by atoms with Crippen LogP contribution in [0.2, 0.25) is 0 Å². The quantitative estimate of drug-likeness (QED) is 0.773. The van der Waals surface area contributed by atoms with E-state index in [2.05, 4.69) is 27.4 Å². The average Bonchev–Trinajstić information content (AvgIpc) is 2.97. The van der Waals surface area contributed by atoms with Gasteiger partial charge in [-0.25, -0.2) is 4.98 Å². The number of nitrogens with one attached hydrogen (secondary N) is 2. The number of thiazole rings is 1. The Morgan fingerprint density at radius 1 is 1.18 bits per heavy atom. The van der Waals surface area contributed by atoms with Gasteiger partial charge in [-0.3, -0.25) is 14.5 Å². The molecule has 1 aliphatic rings. The molecule has 1 aromatic carbocycles. The van der Waals surface area contributed by atoms with E-state index in [1.165, 1.54) is 24.6 Å². The lowest BCUT2D eigenvalue weighted by Gasteiger charge is -2.29. The molecule has 0 bridgehead atoms. The van der Waals surface area contributed by atoms with Crippen LogP contribution in [0.5, 0.6) is 0 Å². The Balaban J connectivity index is 1.53. The maximum atomic E-state index is 12.4. The second-order valence-electron chi connectivity index (χ2n) is 7.59. The first-order chi connectivity index (χ1) is 13.4. The van der Waals surface area contributed by atoms with Crippen molar-refractivity contribution in [3.63, 3.8) is 0 Å². The van der Waals surface area contributed by atoms with Crippen LogP contribution in [0, 0.1) is 12.8 Å². The normalized spacial score (nSPS) is 15.4. The highest BCUT2D eigenvalue weighted by molar-refractivity contribution is 7.15. The number of anilines is 2. The summed E-state index contributed by atoms with van der Waals surface area (Å²) in [5.74, 6) is 0.625. The molecule has 1 aliphatic heterocycles. The number of benzene rings is 1. The summed E-state index contributed by atoms with van der Waals surface area (Å²) >= 11 is 1.57. The molecule has 150 valence electrons. The molecule has 2 N–H and O–H groups in total. The van der Waals surface area contributed by atoms with Gasteiger partial charge in [0.1, 0.15) is 0 Å². The number of aromatic nitrogens is 1. The Kier molecular flexibility index (Phi) is 6.80. The molecule has 28 heavy (non-hydrogen) atoms. The zero-order valence-corrected chi connectivity index (χ0v) is 17.6. The second kappa shape index (κ2) is 9.30. The minimum atomic E-state index is -0.112. The Labute approximate surface area is 170 Å². The maximum Gasteiger partial charge on any atom is 0.230 e. The summed E-state index contributed by atoms with van der Waals surface area (Å²) in [4.78, 5) is 31.7. The van der Waals surface area contributed by atoms with Crippen LogP contribution in [0.1, 0.15) is 42.8 Å². The van der Waals surface area contributed by atoms with Crippen LogP contribution in [0.3, 0.4) is 0 Å². The Morgan fingerprint density at radius 2 is 1.86 bits per heavy atom. The Morgan fingerprint density at radius 3 is 2.50 bits per heavy atom. The number of hydrogen-bond donors (Lipinski definition) is 2. The predicted octanol–water partition coefficient (Wildman–Crippen LogP) is 3.82. The van der Waals surface area contributed by atoms with E-state index in [0.717, 1.165) is 42.5 Å². The van der Waals surface area contributed by atoms with E-state index in [1.807, 2.05) is 19.1 Å². The highest BCUT2D eigenvalue weighted by Gasteiger charge is 2.18. The maximum absolute atomic E-state index is 12.4. The van der Waals surface area contributed by atoms with E-state index in [1.54, 1.807) is 23.5 Å². The number of hydrogen-bond acceptors (Lipinski definition) is 5. The van der Waals surface area contributed by atoms with Gasteiger partial charge in [0.2, 0.25) is 11.8 Å². The molecule has 2 amide bonds. The van der Waals surface area contributed by atoms with Crippen molar-refractivity contribution in [1.82, 2.24) is 9.88 Å². The van der Waals surface area contributed by atoms with Gasteiger partial charge in [-0.1, -0.05) is 19.1 Å². The summed E-state index contributed by atoms with van der Waals surface area (Å²) in [6, 6.07) is 7.30. The van der Waals surface area contributed by atoms with Crippen molar-refractivity contribution in [2.24, 2.45) is 5.92 Å². The molecule has 1 saturated heterocycles. The van der Waals surface area contributed by atoms with Crippen LogP contribution >= 0.6 is 11.3 Å². The van der Waals surface area contributed by atoms with Crippen LogP contribution in [-0.4, -0.2) is 34.8 Å². The largest absolute Gasteiger partial charge is 0.326 e. The molecule has 0 atom stereocenters. The Hall–Kier alpha value is -2.25. The summed E-state index contributed by atoms with van der Waals surface area (Å²) in [5.41, 5.74) is 2.62. The smallest absolute Gasteiger partial charge is 0.230 e. The van der Waals surface area contributed by atoms with Crippen molar-refractivity contribution in [1.29, 1.82) is 0 Å². The minimum Gasteiger partial charge on any atom is -0.326 e. The number of piperidine rings is 1. The van der Waals surface area contributed by atoms with E-state index in [9.17, 15) is 9.59 Å². The zero-order valence-electron chi connectivity index (χ0n) is 16.7. The van der Waals surface area contributed by atoms with Crippen molar-refractivity contribution in [2.45, 2.75) is 46.6 Å². The third-order valence-electron chi connectivity index (χ3n) is 5.02. The van der Waals surface area contributed by atoms with E-state index in [-0.39, 0.29) is 18.2 Å². The molecule has 0 spiro atoms. The van der Waals surface area contributed by atoms with Crippen LogP contribution < -0.4 is 10.6 Å². The predicted molar refractivity (Wildman–Crippen MR) is 114 cm³/mol. The van der Waals surface area contributed by atoms with E-state index in [4.69, 9.17) is 0 Å². The topological polar surface area (TPSA) is 74.3 Å². The van der Waals surface area contributed by atoms with Gasteiger partial charge in [0.15, 0.2) is 5.13 Å². The third kappa shape index (κ3) is 5.87. The molecule has 3 rings (SSSR count). The van der Waals surface area contributed by atoms with Crippen molar-refractivity contribution in [2.75, 3.05) is 23.7 Å². The van der Waals surface area contributed by atoms with E-state index >= 15 is 0 Å². The highest BCUT2D eigenvalue weighted by Crippen LogP contribution is 2.26. The lowest BCUT2D eigenvalue weighted by molar-refractivity contribution is -0.116. The van der Waals surface area contributed by atoms with Crippen LogP contribution in [0.4, 0.5) is 10.8 Å². The van der Waals surface area contributed by atoms with Gasteiger partial charge in [-0.05, 0) is 56.5 Å². The number of nitrogens with zero attached hydrogens (tertiary/aromatic N) is 2. The summed E-state index contributed by atoms with van der Waals surface area (Å²) in [5, 5.41) is 6.31. The molecule has 0 aliphatic carbocycles. The van der Waals surface area contributed by atoms with Crippen LogP contribution in [-0.2, 0) is 22.6 Å². The van der Waals surface area contributed by atoms with Crippen LogP contribution in [0.15, 0.2) is 24.3 Å². The molecule has 2 heterocycles. The first-order valence-corrected chi connectivity index (χ1v) is 10.6. The number of aryl methyl sites for hydroxylation is 1. The van der Waals surface area contributed by atoms with E-state index in [0.29, 0.717) is 5.13 Å². The fourth-order valence-electron chi connectivity index (χ4n) is 3.31. The van der Waals surface area contributed by atoms with Crippen LogP contribution in [0.25, 0.3) is 0 Å². The average molecular weight is 401 g/mol. The minimum absolute atomic E-state index is 0.0839.